The molecule has 0 bridgehead atoms. The molecule has 11 heteroatoms. The van der Waals surface area contributed by atoms with Crippen molar-refractivity contribution in [1.29, 1.82) is 0 Å². The topological polar surface area (TPSA) is 86.8 Å². The number of rotatable bonds is 12. The molecule has 40 heavy (non-hydrogen) atoms. The van der Waals surface area contributed by atoms with Crippen LogP contribution in [0.2, 0.25) is 0 Å². The number of carbonyl (C=O) groups is 2. The molecule has 2 amide bonds. The van der Waals surface area contributed by atoms with Crippen LogP contribution in [-0.2, 0) is 32.3 Å². The molecule has 0 saturated carbocycles. The van der Waals surface area contributed by atoms with Gasteiger partial charge in [0, 0.05) is 13.1 Å². The van der Waals surface area contributed by atoms with Crippen molar-refractivity contribution in [2.45, 2.75) is 50.3 Å². The first-order valence-electron chi connectivity index (χ1n) is 12.8. The van der Waals surface area contributed by atoms with Crippen molar-refractivity contribution in [2.24, 2.45) is 0 Å². The first-order valence-corrected chi connectivity index (χ1v) is 14.2. The zero-order valence-electron chi connectivity index (χ0n) is 22.3. The molecule has 1 atom stereocenters. The Balaban J connectivity index is 2.03. The first kappa shape index (κ1) is 30.7. The number of halogens is 3. The van der Waals surface area contributed by atoms with Crippen molar-refractivity contribution in [2.75, 3.05) is 17.4 Å². The van der Waals surface area contributed by atoms with Gasteiger partial charge in [0.15, 0.2) is 0 Å². The van der Waals surface area contributed by atoms with Gasteiger partial charge in [-0.2, -0.15) is 13.2 Å². The first-order chi connectivity index (χ1) is 18.9. The molecular weight excluding hydrogens is 543 g/mol. The van der Waals surface area contributed by atoms with E-state index >= 15 is 0 Å². The van der Waals surface area contributed by atoms with E-state index in [0.29, 0.717) is 22.5 Å². The van der Waals surface area contributed by atoms with Crippen LogP contribution in [0.15, 0.2) is 89.8 Å². The molecule has 0 fully saturated rings. The summed E-state index contributed by atoms with van der Waals surface area (Å²) in [5, 5.41) is 2.78. The lowest BCUT2D eigenvalue weighted by Gasteiger charge is -2.32. The van der Waals surface area contributed by atoms with E-state index in [-0.39, 0.29) is 17.1 Å². The molecule has 0 aliphatic heterocycles. The number of unbranched alkanes of at least 4 members (excludes halogenated alkanes) is 1. The fourth-order valence-corrected chi connectivity index (χ4v) is 5.41. The van der Waals surface area contributed by atoms with Gasteiger partial charge >= 0.3 is 6.18 Å². The van der Waals surface area contributed by atoms with E-state index in [1.807, 2.05) is 6.92 Å². The van der Waals surface area contributed by atoms with Crippen LogP contribution in [-0.4, -0.2) is 44.3 Å². The van der Waals surface area contributed by atoms with E-state index in [9.17, 15) is 31.2 Å². The van der Waals surface area contributed by atoms with Crippen LogP contribution in [0.5, 0.6) is 0 Å². The van der Waals surface area contributed by atoms with Crippen molar-refractivity contribution in [3.63, 3.8) is 0 Å². The third kappa shape index (κ3) is 7.84. The van der Waals surface area contributed by atoms with E-state index < -0.39 is 46.2 Å². The molecule has 3 aromatic carbocycles. The molecule has 3 rings (SSSR count). The second-order valence-electron chi connectivity index (χ2n) is 9.20. The lowest BCUT2D eigenvalue weighted by atomic mass is 10.1. The van der Waals surface area contributed by atoms with Crippen LogP contribution >= 0.6 is 0 Å². The predicted molar refractivity (Wildman–Crippen MR) is 147 cm³/mol. The van der Waals surface area contributed by atoms with Crippen LogP contribution in [0.1, 0.15) is 37.8 Å². The predicted octanol–water partition coefficient (Wildman–Crippen LogP) is 5.23. The Morgan fingerprint density at radius 3 is 2.15 bits per heavy atom. The maximum absolute atomic E-state index is 13.8. The number of sulfonamides is 1. The molecule has 0 heterocycles. The molecule has 0 radical (unpaired) electrons. The molecule has 1 N–H and O–H groups in total. The van der Waals surface area contributed by atoms with Crippen LogP contribution in [0, 0.1) is 0 Å². The van der Waals surface area contributed by atoms with E-state index in [4.69, 9.17) is 0 Å². The standard InChI is InChI=1S/C29H32F3N3O4S/c1-3-4-18-33-28(37)22(2)34(20-23-12-7-5-8-13-23)27(36)21-35(40(38,39)26-16-9-6-10-17-26)25-15-11-14-24(19-25)29(30,31)32/h5-17,19,22H,3-4,18,20-21H2,1-2H3,(H,33,37)/t22-/m0/s1. The summed E-state index contributed by atoms with van der Waals surface area (Å²) in [6.07, 6.45) is -3.14. The molecule has 0 unspecified atom stereocenters. The summed E-state index contributed by atoms with van der Waals surface area (Å²) in [7, 11) is -4.46. The summed E-state index contributed by atoms with van der Waals surface area (Å²) >= 11 is 0. The monoisotopic (exact) mass is 575 g/mol. The number of amides is 2. The van der Waals surface area contributed by atoms with Crippen LogP contribution in [0.25, 0.3) is 0 Å². The summed E-state index contributed by atoms with van der Waals surface area (Å²) in [5.41, 5.74) is -0.692. The Morgan fingerprint density at radius 2 is 1.55 bits per heavy atom. The van der Waals surface area contributed by atoms with Crippen molar-refractivity contribution in [3.8, 4) is 0 Å². The molecule has 0 aliphatic carbocycles. The zero-order valence-corrected chi connectivity index (χ0v) is 23.1. The summed E-state index contributed by atoms with van der Waals surface area (Å²) in [4.78, 5) is 27.7. The number of alkyl halides is 3. The highest BCUT2D eigenvalue weighted by atomic mass is 32.2. The Labute approximate surface area is 232 Å². The normalized spacial score (nSPS) is 12.4. The number of nitrogens with one attached hydrogen (secondary N) is 1. The Morgan fingerprint density at radius 1 is 0.925 bits per heavy atom. The van der Waals surface area contributed by atoms with Gasteiger partial charge in [-0.3, -0.25) is 13.9 Å². The number of hydrogen-bond acceptors (Lipinski definition) is 4. The lowest BCUT2D eigenvalue weighted by molar-refractivity contribution is -0.139. The van der Waals surface area contributed by atoms with Crippen molar-refractivity contribution < 1.29 is 31.2 Å². The molecule has 0 aromatic heterocycles. The lowest BCUT2D eigenvalue weighted by Crippen LogP contribution is -2.51. The van der Waals surface area contributed by atoms with E-state index in [1.165, 1.54) is 42.2 Å². The molecule has 0 aliphatic rings. The van der Waals surface area contributed by atoms with Crippen molar-refractivity contribution >= 4 is 27.5 Å². The number of nitrogens with zero attached hydrogens (tertiary/aromatic N) is 2. The summed E-state index contributed by atoms with van der Waals surface area (Å²) in [6, 6.07) is 18.8. The Bertz CT molecular complexity index is 1380. The smallest absolute Gasteiger partial charge is 0.354 e. The number of benzene rings is 3. The Kier molecular flexibility index (Phi) is 10.3. The minimum Gasteiger partial charge on any atom is -0.354 e. The van der Waals surface area contributed by atoms with E-state index in [0.717, 1.165) is 25.0 Å². The maximum Gasteiger partial charge on any atom is 0.416 e. The molecule has 0 spiro atoms. The molecule has 214 valence electrons. The van der Waals surface area contributed by atoms with Crippen LogP contribution < -0.4 is 9.62 Å². The fraction of sp³-hybridized carbons (Fsp3) is 0.310. The van der Waals surface area contributed by atoms with Gasteiger partial charge in [0.2, 0.25) is 11.8 Å². The van der Waals surface area contributed by atoms with Gasteiger partial charge < -0.3 is 10.2 Å². The maximum atomic E-state index is 13.8. The highest BCUT2D eigenvalue weighted by Crippen LogP contribution is 2.33. The van der Waals surface area contributed by atoms with Gasteiger partial charge in [0.1, 0.15) is 12.6 Å². The molecule has 3 aromatic rings. The van der Waals surface area contributed by atoms with Crippen molar-refractivity contribution in [1.82, 2.24) is 10.2 Å². The van der Waals surface area contributed by atoms with Gasteiger partial charge in [0.25, 0.3) is 10.0 Å². The third-order valence-electron chi connectivity index (χ3n) is 6.26. The second kappa shape index (κ2) is 13.5. The quantitative estimate of drug-likeness (QED) is 0.300. The van der Waals surface area contributed by atoms with Crippen LogP contribution in [0.3, 0.4) is 0 Å². The molecular formula is C29H32F3N3O4S. The van der Waals surface area contributed by atoms with E-state index in [2.05, 4.69) is 5.32 Å². The molecule has 0 saturated heterocycles. The minimum atomic E-state index is -4.73. The summed E-state index contributed by atoms with van der Waals surface area (Å²) in [6.45, 7) is 3.08. The summed E-state index contributed by atoms with van der Waals surface area (Å²) in [5.74, 6) is -1.17. The molecule has 7 nitrogen and oxygen atoms in total. The highest BCUT2D eigenvalue weighted by molar-refractivity contribution is 7.92. The van der Waals surface area contributed by atoms with Gasteiger partial charge in [-0.05, 0) is 49.2 Å². The number of hydrogen-bond donors (Lipinski definition) is 1. The van der Waals surface area contributed by atoms with Gasteiger partial charge in [0.05, 0.1) is 16.1 Å². The van der Waals surface area contributed by atoms with Gasteiger partial charge in [-0.15, -0.1) is 0 Å². The largest absolute Gasteiger partial charge is 0.416 e. The zero-order chi connectivity index (χ0) is 29.3. The third-order valence-corrected chi connectivity index (χ3v) is 8.05. The van der Waals surface area contributed by atoms with E-state index in [1.54, 1.807) is 36.4 Å². The highest BCUT2D eigenvalue weighted by Gasteiger charge is 2.35. The van der Waals surface area contributed by atoms with Crippen molar-refractivity contribution in [3.05, 3.63) is 96.1 Å². The Hall–Kier alpha value is -3.86. The minimum absolute atomic E-state index is 0.0101. The van der Waals surface area contributed by atoms with Gasteiger partial charge in [-0.25, -0.2) is 8.42 Å². The van der Waals surface area contributed by atoms with Crippen LogP contribution in [0.4, 0.5) is 18.9 Å². The average molecular weight is 576 g/mol. The summed E-state index contributed by atoms with van der Waals surface area (Å²) < 4.78 is 68.6. The fourth-order valence-electron chi connectivity index (χ4n) is 3.98. The van der Waals surface area contributed by atoms with Gasteiger partial charge in [-0.1, -0.05) is 67.9 Å². The second-order valence-corrected chi connectivity index (χ2v) is 11.1. The number of anilines is 1. The number of carbonyl (C=O) groups excluding carboxylic acids is 2. The SMILES string of the molecule is CCCCNC(=O)[C@H](C)N(Cc1ccccc1)C(=O)CN(c1cccc(C(F)(F)F)c1)S(=O)(=O)c1ccccc1. The average Bonchev–Trinajstić information content (AvgIpc) is 2.94.